The third-order valence-electron chi connectivity index (χ3n) is 7.33. The molecule has 3 unspecified atom stereocenters. The second-order valence-corrected chi connectivity index (χ2v) is 12.5. The molecule has 3 N–H and O–H groups in total. The Balaban J connectivity index is 0.000000312. The molecule has 1 aromatic heterocycles. The molecule has 2 heterocycles. The molecule has 1 fully saturated rings. The van der Waals surface area contributed by atoms with Crippen LogP contribution in [0.1, 0.15) is 72.6 Å². The highest BCUT2D eigenvalue weighted by atomic mass is 32.1. The molecule has 1 aliphatic heterocycles. The highest BCUT2D eigenvalue weighted by Gasteiger charge is 2.35. The maximum absolute atomic E-state index is 12.2. The first-order chi connectivity index (χ1) is 17.7. The first-order valence-corrected chi connectivity index (χ1v) is 14.0. The minimum absolute atomic E-state index is 0.124. The Kier molecular flexibility index (Phi) is 11.0. The molecular weight excluding hydrogens is 500 g/mol. The quantitative estimate of drug-likeness (QED) is 0.429. The number of nitrogens with one attached hydrogen (secondary N) is 2. The standard InChI is InChI=1S/C17H19N3O3S.C12H25NO/c1-11-16(24-9-19-11)13-4-2-12(3-5-13)7-18-17(23)15-6-14(22)8-20(15)10-21;1-8-12(6,7)10(14)13-9(2)11(3,4)5/h2-5,9-10,14-15,22H,6-8H2,1H3,(H,18,23);9H,8H2,1-7H3,(H,13,14). The highest BCUT2D eigenvalue weighted by molar-refractivity contribution is 7.13. The van der Waals surface area contributed by atoms with E-state index in [1.54, 1.807) is 11.3 Å². The molecule has 0 bridgehead atoms. The van der Waals surface area contributed by atoms with Gasteiger partial charge >= 0.3 is 0 Å². The second kappa shape index (κ2) is 13.3. The Bertz CT molecular complexity index is 1070. The lowest BCUT2D eigenvalue weighted by Gasteiger charge is -2.31. The number of carbonyl (C=O) groups is 3. The summed E-state index contributed by atoms with van der Waals surface area (Å²) in [7, 11) is 0. The molecule has 210 valence electrons. The van der Waals surface area contributed by atoms with Gasteiger partial charge in [0.1, 0.15) is 6.04 Å². The zero-order valence-electron chi connectivity index (χ0n) is 24.0. The number of carbonyl (C=O) groups excluding carboxylic acids is 3. The van der Waals surface area contributed by atoms with Crippen LogP contribution in [0.3, 0.4) is 0 Å². The van der Waals surface area contributed by atoms with Gasteiger partial charge in [0.05, 0.1) is 22.2 Å². The summed E-state index contributed by atoms with van der Waals surface area (Å²) < 4.78 is 0. The van der Waals surface area contributed by atoms with Crippen molar-refractivity contribution in [1.29, 1.82) is 0 Å². The third kappa shape index (κ3) is 8.63. The van der Waals surface area contributed by atoms with Gasteiger partial charge in [0.2, 0.25) is 18.2 Å². The summed E-state index contributed by atoms with van der Waals surface area (Å²) in [6, 6.07) is 7.58. The van der Waals surface area contributed by atoms with Gasteiger partial charge in [0.15, 0.2) is 0 Å². The lowest BCUT2D eigenvalue weighted by molar-refractivity contribution is -0.131. The normalized spacial score (nSPS) is 18.3. The van der Waals surface area contributed by atoms with Gasteiger partial charge in [-0.2, -0.15) is 0 Å². The van der Waals surface area contributed by atoms with Gasteiger partial charge in [-0.25, -0.2) is 4.98 Å². The molecule has 9 heteroatoms. The summed E-state index contributed by atoms with van der Waals surface area (Å²) in [4.78, 5) is 41.7. The number of aryl methyl sites for hydroxylation is 1. The van der Waals surface area contributed by atoms with Crippen LogP contribution in [0, 0.1) is 17.8 Å². The monoisotopic (exact) mass is 544 g/mol. The van der Waals surface area contributed by atoms with E-state index in [9.17, 15) is 19.5 Å². The Morgan fingerprint density at radius 3 is 2.34 bits per heavy atom. The molecule has 1 saturated heterocycles. The predicted octanol–water partition coefficient (Wildman–Crippen LogP) is 4.30. The van der Waals surface area contributed by atoms with Crippen LogP contribution >= 0.6 is 11.3 Å². The van der Waals surface area contributed by atoms with Crippen LogP contribution in [0.25, 0.3) is 10.4 Å². The Labute approximate surface area is 231 Å². The van der Waals surface area contributed by atoms with Crippen molar-refractivity contribution < 1.29 is 19.5 Å². The second-order valence-electron chi connectivity index (χ2n) is 11.7. The van der Waals surface area contributed by atoms with Crippen LogP contribution in [0.15, 0.2) is 29.8 Å². The highest BCUT2D eigenvalue weighted by Crippen LogP contribution is 2.27. The number of hydrogen-bond acceptors (Lipinski definition) is 6. The van der Waals surface area contributed by atoms with Gasteiger partial charge in [-0.3, -0.25) is 14.4 Å². The average molecular weight is 545 g/mol. The van der Waals surface area contributed by atoms with Gasteiger partial charge in [-0.1, -0.05) is 65.8 Å². The maximum Gasteiger partial charge on any atom is 0.243 e. The van der Waals surface area contributed by atoms with Crippen molar-refractivity contribution in [2.24, 2.45) is 10.8 Å². The molecule has 0 radical (unpaired) electrons. The molecular formula is C29H44N4O4S. The number of likely N-dealkylation sites (tertiary alicyclic amines) is 1. The number of aliphatic hydroxyl groups is 1. The van der Waals surface area contributed by atoms with Gasteiger partial charge in [0.25, 0.3) is 0 Å². The van der Waals surface area contributed by atoms with E-state index >= 15 is 0 Å². The van der Waals surface area contributed by atoms with Crippen molar-refractivity contribution >= 4 is 29.6 Å². The van der Waals surface area contributed by atoms with Crippen molar-refractivity contribution in [3.05, 3.63) is 41.0 Å². The third-order valence-corrected chi connectivity index (χ3v) is 8.31. The number of amides is 3. The van der Waals surface area contributed by atoms with Crippen LogP contribution in [-0.2, 0) is 20.9 Å². The fourth-order valence-electron chi connectivity index (χ4n) is 3.64. The van der Waals surface area contributed by atoms with E-state index in [0.29, 0.717) is 13.0 Å². The number of hydrogen-bond donors (Lipinski definition) is 3. The van der Waals surface area contributed by atoms with E-state index in [-0.39, 0.29) is 41.7 Å². The van der Waals surface area contributed by atoms with Gasteiger partial charge < -0.3 is 20.6 Å². The Hall–Kier alpha value is -2.78. The summed E-state index contributed by atoms with van der Waals surface area (Å²) in [5, 5.41) is 15.5. The first kappa shape index (κ1) is 31.4. The molecule has 3 atom stereocenters. The van der Waals surface area contributed by atoms with E-state index < -0.39 is 12.1 Å². The zero-order chi connectivity index (χ0) is 28.7. The average Bonchev–Trinajstić information content (AvgIpc) is 3.47. The minimum Gasteiger partial charge on any atom is -0.391 e. The van der Waals surface area contributed by atoms with Crippen LogP contribution in [0.5, 0.6) is 0 Å². The predicted molar refractivity (Wildman–Crippen MR) is 152 cm³/mol. The number of rotatable bonds is 8. The number of thiazole rings is 1. The minimum atomic E-state index is -0.632. The molecule has 2 aromatic rings. The van der Waals surface area contributed by atoms with Crippen molar-refractivity contribution in [2.45, 2.75) is 93.0 Å². The molecule has 3 amide bonds. The van der Waals surface area contributed by atoms with Gasteiger partial charge in [-0.05, 0) is 36.8 Å². The summed E-state index contributed by atoms with van der Waals surface area (Å²) in [5.74, 6) is -0.0801. The molecule has 0 spiro atoms. The smallest absolute Gasteiger partial charge is 0.243 e. The molecule has 8 nitrogen and oxygen atoms in total. The van der Waals surface area contributed by atoms with E-state index in [1.807, 2.05) is 57.5 Å². The summed E-state index contributed by atoms with van der Waals surface area (Å²) in [5.41, 5.74) is 4.79. The number of nitrogens with zero attached hydrogens (tertiary/aromatic N) is 2. The van der Waals surface area contributed by atoms with E-state index in [1.165, 1.54) is 4.90 Å². The van der Waals surface area contributed by atoms with Crippen LogP contribution < -0.4 is 10.6 Å². The van der Waals surface area contributed by atoms with E-state index in [4.69, 9.17) is 0 Å². The molecule has 1 aromatic carbocycles. The number of β-amino-alcohol motifs (C(OH)–C–C–N with tert-alkyl or cyclic N) is 1. The largest absolute Gasteiger partial charge is 0.391 e. The van der Waals surface area contributed by atoms with E-state index in [2.05, 4.69) is 43.3 Å². The van der Waals surface area contributed by atoms with E-state index in [0.717, 1.165) is 28.1 Å². The summed E-state index contributed by atoms with van der Waals surface area (Å²) in [6.07, 6.45) is 1.14. The van der Waals surface area contributed by atoms with Gasteiger partial charge in [0, 0.05) is 31.0 Å². The Morgan fingerprint density at radius 1 is 1.21 bits per heavy atom. The zero-order valence-corrected chi connectivity index (χ0v) is 24.8. The summed E-state index contributed by atoms with van der Waals surface area (Å²) >= 11 is 1.60. The van der Waals surface area contributed by atoms with Gasteiger partial charge in [-0.15, -0.1) is 11.3 Å². The van der Waals surface area contributed by atoms with Crippen molar-refractivity contribution in [3.63, 3.8) is 0 Å². The maximum atomic E-state index is 12.2. The van der Waals surface area contributed by atoms with Crippen molar-refractivity contribution in [2.75, 3.05) is 6.54 Å². The van der Waals surface area contributed by atoms with Crippen molar-refractivity contribution in [1.82, 2.24) is 20.5 Å². The van der Waals surface area contributed by atoms with Crippen molar-refractivity contribution in [3.8, 4) is 10.4 Å². The van der Waals surface area contributed by atoms with Crippen LogP contribution in [0.4, 0.5) is 0 Å². The molecule has 0 saturated carbocycles. The molecule has 1 aliphatic rings. The lowest BCUT2D eigenvalue weighted by atomic mass is 9.85. The summed E-state index contributed by atoms with van der Waals surface area (Å²) in [6.45, 7) is 17.1. The molecule has 38 heavy (non-hydrogen) atoms. The number of aromatic nitrogens is 1. The SMILES string of the molecule is CCC(C)(C)C(=O)NC(C)C(C)(C)C.Cc1ncsc1-c1ccc(CNC(=O)C2CC(O)CN2C=O)cc1. The Morgan fingerprint density at radius 2 is 1.84 bits per heavy atom. The fourth-order valence-corrected chi connectivity index (χ4v) is 4.45. The van der Waals surface area contributed by atoms with Crippen LogP contribution in [-0.4, -0.2) is 57.9 Å². The molecule has 0 aliphatic carbocycles. The number of aliphatic hydroxyl groups excluding tert-OH is 1. The lowest BCUT2D eigenvalue weighted by Crippen LogP contribution is -2.46. The first-order valence-electron chi connectivity index (χ1n) is 13.2. The molecule has 3 rings (SSSR count). The topological polar surface area (TPSA) is 112 Å². The van der Waals surface area contributed by atoms with Crippen LogP contribution in [0.2, 0.25) is 0 Å². The number of benzene rings is 1. The fraction of sp³-hybridized carbons (Fsp3) is 0.586.